The summed E-state index contributed by atoms with van der Waals surface area (Å²) >= 11 is 0. The number of hydrogen-bond acceptors (Lipinski definition) is 8. The van der Waals surface area contributed by atoms with Gasteiger partial charge in [-0.3, -0.25) is 14.3 Å². The van der Waals surface area contributed by atoms with Crippen LogP contribution in [0.15, 0.2) is 4.79 Å². The third kappa shape index (κ3) is 2.42. The Morgan fingerprint density at radius 1 is 1.50 bits per heavy atom. The van der Waals surface area contributed by atoms with Crippen LogP contribution < -0.4 is 21.1 Å². The van der Waals surface area contributed by atoms with Gasteiger partial charge >= 0.3 is 0 Å². The zero-order chi connectivity index (χ0) is 14.9. The molecule has 1 aliphatic rings. The molecule has 0 saturated heterocycles. The van der Waals surface area contributed by atoms with Gasteiger partial charge in [-0.1, -0.05) is 0 Å². The molecule has 0 saturated carbocycles. The van der Waals surface area contributed by atoms with Crippen LogP contribution in [-0.2, 0) is 11.8 Å². The fraction of sp³-hybridized carbons (Fsp3) is 0.636. The molecule has 1 aliphatic heterocycles. The number of fused-ring (bicyclic) bond motifs is 1. The smallest absolute Gasteiger partial charge is 0.280 e. The molecule has 9 nitrogen and oxygen atoms in total. The highest BCUT2D eigenvalue weighted by atomic mass is 16.6. The van der Waals surface area contributed by atoms with Crippen molar-refractivity contribution in [2.24, 2.45) is 7.05 Å². The van der Waals surface area contributed by atoms with E-state index in [1.165, 1.54) is 16.5 Å². The minimum Gasteiger partial charge on any atom is -0.396 e. The summed E-state index contributed by atoms with van der Waals surface area (Å²) in [5, 5.41) is 18.7. The van der Waals surface area contributed by atoms with Gasteiger partial charge in [0.05, 0.1) is 13.3 Å². The second kappa shape index (κ2) is 5.65. The molecule has 0 spiro atoms. The Hall–Kier alpha value is -1.84. The SMILES string of the molecule is CN1CN(C(O)OCCCO)c2nc(N)n(C)c(=O)c21. The Morgan fingerprint density at radius 2 is 2.20 bits per heavy atom. The number of anilines is 3. The first-order chi connectivity index (χ1) is 9.47. The minimum absolute atomic E-state index is 0.0189. The van der Waals surface area contributed by atoms with Gasteiger partial charge in [-0.25, -0.2) is 0 Å². The largest absolute Gasteiger partial charge is 0.396 e. The van der Waals surface area contributed by atoms with Crippen molar-refractivity contribution in [2.45, 2.75) is 12.8 Å². The number of hydrogen-bond donors (Lipinski definition) is 3. The number of nitrogens with two attached hydrogens (primary N) is 1. The van der Waals surface area contributed by atoms with E-state index in [0.29, 0.717) is 17.9 Å². The molecule has 112 valence electrons. The van der Waals surface area contributed by atoms with Crippen molar-refractivity contribution < 1.29 is 14.9 Å². The highest BCUT2D eigenvalue weighted by Crippen LogP contribution is 2.31. The van der Waals surface area contributed by atoms with E-state index < -0.39 is 6.41 Å². The summed E-state index contributed by atoms with van der Waals surface area (Å²) in [6, 6.07) is 0. The molecule has 1 aromatic rings. The van der Waals surface area contributed by atoms with Crippen molar-refractivity contribution in [2.75, 3.05) is 42.5 Å². The molecule has 0 fully saturated rings. The predicted octanol–water partition coefficient (Wildman–Crippen LogP) is -1.75. The average molecular weight is 285 g/mol. The molecule has 4 N–H and O–H groups in total. The van der Waals surface area contributed by atoms with Crippen LogP contribution in [0.4, 0.5) is 17.5 Å². The highest BCUT2D eigenvalue weighted by Gasteiger charge is 2.33. The maximum atomic E-state index is 12.1. The lowest BCUT2D eigenvalue weighted by Gasteiger charge is -2.24. The Morgan fingerprint density at radius 3 is 2.85 bits per heavy atom. The van der Waals surface area contributed by atoms with Crippen LogP contribution in [-0.4, -0.2) is 53.1 Å². The standard InChI is InChI=1S/C11H19N5O4/c1-14-6-16(11(19)20-5-3-4-17)8-7(14)9(18)15(2)10(12)13-8/h11,17,19H,3-6H2,1-2H3,(H2,12,13). The van der Waals surface area contributed by atoms with Gasteiger partial charge in [0.25, 0.3) is 5.56 Å². The zero-order valence-corrected chi connectivity index (χ0v) is 11.5. The van der Waals surface area contributed by atoms with E-state index in [1.807, 2.05) is 0 Å². The number of ether oxygens (including phenoxy) is 1. The van der Waals surface area contributed by atoms with Crippen molar-refractivity contribution in [3.05, 3.63) is 10.4 Å². The Bertz CT molecular complexity index is 546. The average Bonchev–Trinajstić information content (AvgIpc) is 2.73. The first-order valence-corrected chi connectivity index (χ1v) is 6.22. The lowest BCUT2D eigenvalue weighted by atomic mass is 10.4. The van der Waals surface area contributed by atoms with E-state index >= 15 is 0 Å². The Kier molecular flexibility index (Phi) is 4.12. The Balaban J connectivity index is 2.28. The fourth-order valence-corrected chi connectivity index (χ4v) is 2.01. The molecule has 9 heteroatoms. The summed E-state index contributed by atoms with van der Waals surface area (Å²) in [6.07, 6.45) is -0.830. The Labute approximate surface area is 115 Å². The molecule has 1 aromatic heterocycles. The maximum absolute atomic E-state index is 12.1. The van der Waals surface area contributed by atoms with Gasteiger partial charge < -0.3 is 25.6 Å². The number of aliphatic hydroxyl groups excluding tert-OH is 2. The zero-order valence-electron chi connectivity index (χ0n) is 11.5. The molecule has 0 aromatic carbocycles. The van der Waals surface area contributed by atoms with E-state index in [-0.39, 0.29) is 31.4 Å². The van der Waals surface area contributed by atoms with E-state index in [9.17, 15) is 9.90 Å². The number of nitrogens with zero attached hydrogens (tertiary/aromatic N) is 4. The van der Waals surface area contributed by atoms with Crippen molar-refractivity contribution >= 4 is 17.5 Å². The van der Waals surface area contributed by atoms with E-state index in [4.69, 9.17) is 15.6 Å². The summed E-state index contributed by atoms with van der Waals surface area (Å²) in [4.78, 5) is 19.4. The summed E-state index contributed by atoms with van der Waals surface area (Å²) in [5.41, 5.74) is 5.76. The predicted molar refractivity (Wildman–Crippen MR) is 73.3 cm³/mol. The minimum atomic E-state index is -1.25. The molecular weight excluding hydrogens is 266 g/mol. The number of nitrogen functional groups attached to an aromatic ring is 1. The van der Waals surface area contributed by atoms with Gasteiger partial charge in [0, 0.05) is 20.7 Å². The van der Waals surface area contributed by atoms with E-state index in [1.54, 1.807) is 11.9 Å². The van der Waals surface area contributed by atoms with Crippen LogP contribution >= 0.6 is 0 Å². The van der Waals surface area contributed by atoms with Crippen LogP contribution in [0, 0.1) is 0 Å². The summed E-state index contributed by atoms with van der Waals surface area (Å²) in [5.74, 6) is 0.362. The summed E-state index contributed by atoms with van der Waals surface area (Å²) in [7, 11) is 3.26. The van der Waals surface area contributed by atoms with Crippen LogP contribution in [0.3, 0.4) is 0 Å². The summed E-state index contributed by atoms with van der Waals surface area (Å²) < 4.78 is 6.43. The molecular formula is C11H19N5O4. The molecule has 0 bridgehead atoms. The van der Waals surface area contributed by atoms with Crippen molar-refractivity contribution in [3.8, 4) is 0 Å². The van der Waals surface area contributed by atoms with Gasteiger partial charge in [-0.2, -0.15) is 4.98 Å². The van der Waals surface area contributed by atoms with Crippen LogP contribution in [0.5, 0.6) is 0 Å². The maximum Gasteiger partial charge on any atom is 0.280 e. The molecule has 2 rings (SSSR count). The van der Waals surface area contributed by atoms with Crippen molar-refractivity contribution in [1.29, 1.82) is 0 Å². The number of aliphatic hydroxyl groups is 2. The monoisotopic (exact) mass is 285 g/mol. The number of rotatable bonds is 5. The van der Waals surface area contributed by atoms with E-state index in [0.717, 1.165) is 0 Å². The van der Waals surface area contributed by atoms with E-state index in [2.05, 4.69) is 4.98 Å². The molecule has 20 heavy (non-hydrogen) atoms. The third-order valence-electron chi connectivity index (χ3n) is 3.14. The second-order valence-electron chi connectivity index (χ2n) is 4.59. The van der Waals surface area contributed by atoms with Crippen LogP contribution in [0.2, 0.25) is 0 Å². The molecule has 1 atom stereocenters. The van der Waals surface area contributed by atoms with Gasteiger partial charge in [0.1, 0.15) is 5.69 Å². The van der Waals surface area contributed by atoms with Gasteiger partial charge in [0.15, 0.2) is 5.82 Å². The third-order valence-corrected chi connectivity index (χ3v) is 3.14. The lowest BCUT2D eigenvalue weighted by Crippen LogP contribution is -2.39. The first-order valence-electron chi connectivity index (χ1n) is 6.22. The van der Waals surface area contributed by atoms with Gasteiger partial charge in [-0.05, 0) is 6.42 Å². The molecule has 0 aliphatic carbocycles. The van der Waals surface area contributed by atoms with Crippen LogP contribution in [0.25, 0.3) is 0 Å². The number of aromatic nitrogens is 2. The first kappa shape index (κ1) is 14.6. The highest BCUT2D eigenvalue weighted by molar-refractivity contribution is 5.72. The molecule has 1 unspecified atom stereocenters. The molecule has 0 amide bonds. The quantitative estimate of drug-likeness (QED) is 0.431. The second-order valence-corrected chi connectivity index (χ2v) is 4.59. The lowest BCUT2D eigenvalue weighted by molar-refractivity contribution is -0.101. The van der Waals surface area contributed by atoms with Gasteiger partial charge in [0.2, 0.25) is 12.4 Å². The van der Waals surface area contributed by atoms with Crippen molar-refractivity contribution in [1.82, 2.24) is 9.55 Å². The van der Waals surface area contributed by atoms with Crippen molar-refractivity contribution in [3.63, 3.8) is 0 Å². The molecule has 2 heterocycles. The normalized spacial score (nSPS) is 15.6. The molecule has 0 radical (unpaired) electrons. The fourth-order valence-electron chi connectivity index (χ4n) is 2.01. The van der Waals surface area contributed by atoms with Gasteiger partial charge in [-0.15, -0.1) is 0 Å². The topological polar surface area (TPSA) is 117 Å². The summed E-state index contributed by atoms with van der Waals surface area (Å²) in [6.45, 7) is 0.448. The van der Waals surface area contributed by atoms with Crippen LogP contribution in [0.1, 0.15) is 6.42 Å².